The molecule has 3 unspecified atom stereocenters. The molecule has 0 saturated heterocycles. The van der Waals surface area contributed by atoms with Crippen molar-refractivity contribution in [2.24, 2.45) is 17.8 Å². The number of phosphoric ester groups is 2. The first-order chi connectivity index (χ1) is 44.3. The molecule has 0 aliphatic carbocycles. The Morgan fingerprint density at radius 2 is 0.554 bits per heavy atom. The van der Waals surface area contributed by atoms with E-state index < -0.39 is 97.5 Å². The molecule has 6 atom stereocenters. The van der Waals surface area contributed by atoms with Crippen LogP contribution in [0.3, 0.4) is 0 Å². The molecule has 0 heterocycles. The van der Waals surface area contributed by atoms with Gasteiger partial charge in [-0.25, -0.2) is 9.13 Å². The molecule has 92 heavy (non-hydrogen) atoms. The average molecular weight is 1350 g/mol. The van der Waals surface area contributed by atoms with Gasteiger partial charge >= 0.3 is 39.5 Å². The van der Waals surface area contributed by atoms with Gasteiger partial charge in [0.25, 0.3) is 0 Å². The van der Waals surface area contributed by atoms with Gasteiger partial charge in [-0.2, -0.15) is 0 Å². The van der Waals surface area contributed by atoms with E-state index in [9.17, 15) is 43.2 Å². The third-order valence-corrected chi connectivity index (χ3v) is 19.1. The lowest BCUT2D eigenvalue weighted by Gasteiger charge is -2.21. The van der Waals surface area contributed by atoms with Crippen LogP contribution in [0.1, 0.15) is 370 Å². The average Bonchev–Trinajstić information content (AvgIpc) is 2.24. The summed E-state index contributed by atoms with van der Waals surface area (Å²) in [6.07, 6.45) is 48.6. The van der Waals surface area contributed by atoms with Crippen LogP contribution >= 0.6 is 15.6 Å². The van der Waals surface area contributed by atoms with Crippen LogP contribution in [0.15, 0.2) is 0 Å². The van der Waals surface area contributed by atoms with E-state index in [1.54, 1.807) is 0 Å². The molecule has 3 N–H and O–H groups in total. The van der Waals surface area contributed by atoms with Crippen LogP contribution in [-0.4, -0.2) is 96.7 Å². The molecule has 0 bridgehead atoms. The normalized spacial score (nSPS) is 14.4. The summed E-state index contributed by atoms with van der Waals surface area (Å²) in [5.41, 5.74) is 0. The number of hydrogen-bond donors (Lipinski definition) is 3. The first-order valence-corrected chi connectivity index (χ1v) is 40.9. The fourth-order valence-electron chi connectivity index (χ4n) is 11.0. The zero-order chi connectivity index (χ0) is 68.0. The molecule has 0 saturated carbocycles. The maximum atomic E-state index is 13.1. The first kappa shape index (κ1) is 90.1. The summed E-state index contributed by atoms with van der Waals surface area (Å²) in [4.78, 5) is 72.5. The minimum absolute atomic E-state index is 0.105. The summed E-state index contributed by atoms with van der Waals surface area (Å²) in [6, 6.07) is 0. The molecule has 546 valence electrons. The molecule has 0 aromatic heterocycles. The molecule has 0 aromatic rings. The van der Waals surface area contributed by atoms with Crippen LogP contribution < -0.4 is 0 Å². The van der Waals surface area contributed by atoms with Gasteiger partial charge in [0, 0.05) is 25.7 Å². The second-order valence-electron chi connectivity index (χ2n) is 27.5. The predicted octanol–water partition coefficient (Wildman–Crippen LogP) is 21.0. The zero-order valence-corrected chi connectivity index (χ0v) is 61.8. The van der Waals surface area contributed by atoms with Crippen molar-refractivity contribution in [2.45, 2.75) is 388 Å². The van der Waals surface area contributed by atoms with Crippen molar-refractivity contribution in [3.05, 3.63) is 0 Å². The lowest BCUT2D eigenvalue weighted by molar-refractivity contribution is -0.161. The van der Waals surface area contributed by atoms with E-state index in [4.69, 9.17) is 37.0 Å². The van der Waals surface area contributed by atoms with Crippen LogP contribution in [-0.2, 0) is 65.4 Å². The summed E-state index contributed by atoms with van der Waals surface area (Å²) in [5, 5.41) is 10.6. The van der Waals surface area contributed by atoms with Gasteiger partial charge in [-0.3, -0.25) is 37.3 Å². The summed E-state index contributed by atoms with van der Waals surface area (Å²) >= 11 is 0. The number of aliphatic hydroxyl groups is 1. The Morgan fingerprint density at radius 3 is 0.826 bits per heavy atom. The smallest absolute Gasteiger partial charge is 0.462 e. The largest absolute Gasteiger partial charge is 0.472 e. The van der Waals surface area contributed by atoms with Crippen molar-refractivity contribution < 1.29 is 80.2 Å². The van der Waals surface area contributed by atoms with Crippen molar-refractivity contribution in [1.29, 1.82) is 0 Å². The molecule has 0 amide bonds. The van der Waals surface area contributed by atoms with E-state index in [0.29, 0.717) is 25.7 Å². The molecule has 0 aliphatic heterocycles. The highest BCUT2D eigenvalue weighted by Crippen LogP contribution is 2.45. The van der Waals surface area contributed by atoms with Gasteiger partial charge in [-0.15, -0.1) is 0 Å². The van der Waals surface area contributed by atoms with E-state index >= 15 is 0 Å². The van der Waals surface area contributed by atoms with Crippen LogP contribution in [0, 0.1) is 17.8 Å². The second-order valence-corrected chi connectivity index (χ2v) is 30.4. The fourth-order valence-corrected chi connectivity index (χ4v) is 12.6. The maximum Gasteiger partial charge on any atom is 0.472 e. The van der Waals surface area contributed by atoms with Gasteiger partial charge in [-0.05, 0) is 43.4 Å². The lowest BCUT2D eigenvalue weighted by Crippen LogP contribution is -2.30. The van der Waals surface area contributed by atoms with Crippen molar-refractivity contribution in [1.82, 2.24) is 0 Å². The summed E-state index contributed by atoms with van der Waals surface area (Å²) in [5.74, 6) is 0.238. The van der Waals surface area contributed by atoms with Gasteiger partial charge in [0.05, 0.1) is 26.4 Å². The molecule has 0 fully saturated rings. The van der Waals surface area contributed by atoms with E-state index in [0.717, 1.165) is 120 Å². The Bertz CT molecular complexity index is 1800. The molecule has 19 heteroatoms. The molecule has 0 spiro atoms. The molecular formula is C73H142O17P2. The molecule has 0 aliphatic rings. The third-order valence-electron chi connectivity index (χ3n) is 17.2. The van der Waals surface area contributed by atoms with Crippen LogP contribution in [0.5, 0.6) is 0 Å². The SMILES string of the molecule is CCCCCCCCCC(=O)OC[C@H](COP(=O)(O)OC[C@H](O)COP(=O)(O)OC[C@@H](COC(=O)CCCCCCCCCCCCCCC(C)C)OC(=O)CCCCCCCCCCCCCCCCC(C)CC)OC(=O)CCCCCCCCCCCC(C)C. The van der Waals surface area contributed by atoms with E-state index in [2.05, 4.69) is 48.5 Å². The Hall–Kier alpha value is -1.94. The Balaban J connectivity index is 5.21. The van der Waals surface area contributed by atoms with Gasteiger partial charge in [0.1, 0.15) is 19.3 Å². The topological polar surface area (TPSA) is 237 Å². The molecule has 0 aromatic carbocycles. The quantitative estimate of drug-likeness (QED) is 0.0222. The number of phosphoric acid groups is 2. The van der Waals surface area contributed by atoms with Crippen molar-refractivity contribution in [2.75, 3.05) is 39.6 Å². The number of hydrogen-bond acceptors (Lipinski definition) is 15. The zero-order valence-electron chi connectivity index (χ0n) is 60.0. The monoisotopic (exact) mass is 1350 g/mol. The maximum absolute atomic E-state index is 13.1. The number of unbranched alkanes of at least 4 members (excludes halogenated alkanes) is 38. The van der Waals surface area contributed by atoms with Crippen LogP contribution in [0.25, 0.3) is 0 Å². The number of aliphatic hydroxyl groups excluding tert-OH is 1. The minimum atomic E-state index is -4.95. The number of carbonyl (C=O) groups excluding carboxylic acids is 4. The lowest BCUT2D eigenvalue weighted by atomic mass is 9.99. The van der Waals surface area contributed by atoms with E-state index in [1.165, 1.54) is 167 Å². The first-order valence-electron chi connectivity index (χ1n) is 37.9. The van der Waals surface area contributed by atoms with Crippen LogP contribution in [0.2, 0.25) is 0 Å². The minimum Gasteiger partial charge on any atom is -0.462 e. The highest BCUT2D eigenvalue weighted by Gasteiger charge is 2.30. The summed E-state index contributed by atoms with van der Waals surface area (Å²) in [6.45, 7) is 11.9. The number of rotatable bonds is 71. The van der Waals surface area contributed by atoms with Crippen molar-refractivity contribution in [3.63, 3.8) is 0 Å². The second kappa shape index (κ2) is 63.8. The highest BCUT2D eigenvalue weighted by atomic mass is 31.2. The highest BCUT2D eigenvalue weighted by molar-refractivity contribution is 7.47. The Labute approximate surface area is 562 Å². The Morgan fingerprint density at radius 1 is 0.315 bits per heavy atom. The summed E-state index contributed by atoms with van der Waals surface area (Å²) in [7, 11) is -9.90. The number of esters is 4. The number of carbonyl (C=O) groups is 4. The van der Waals surface area contributed by atoms with Crippen LogP contribution in [0.4, 0.5) is 0 Å². The molecule has 17 nitrogen and oxygen atoms in total. The van der Waals surface area contributed by atoms with Crippen molar-refractivity contribution in [3.8, 4) is 0 Å². The third kappa shape index (κ3) is 65.4. The van der Waals surface area contributed by atoms with Gasteiger partial charge in [0.15, 0.2) is 12.2 Å². The van der Waals surface area contributed by atoms with E-state index in [-0.39, 0.29) is 25.7 Å². The van der Waals surface area contributed by atoms with Gasteiger partial charge in [0.2, 0.25) is 0 Å². The predicted molar refractivity (Wildman–Crippen MR) is 372 cm³/mol. The summed E-state index contributed by atoms with van der Waals surface area (Å²) < 4.78 is 68.3. The standard InChI is InChI=1S/C73H142O17P2/c1-8-10-11-12-30-40-47-54-70(75)83-60-68(89-73(78)57-50-43-36-29-23-25-32-38-45-52-65(5)6)62-87-91(79,80)85-58-67(74)59-86-92(81,82)88-63-69(61-84-71(76)55-48-41-34-27-21-18-17-19-24-31-37-44-51-64(3)4)90-72(77)56-49-42-35-28-22-16-14-13-15-20-26-33-39-46-53-66(7)9-2/h64-69,74H,8-63H2,1-7H3,(H,79,80)(H,81,82)/t66?,67-,68+,69+/m0/s1. The Kier molecular flexibility index (Phi) is 62.4. The van der Waals surface area contributed by atoms with E-state index in [1.807, 2.05) is 0 Å². The number of ether oxygens (including phenoxy) is 4. The fraction of sp³-hybridized carbons (Fsp3) is 0.945. The molecule has 0 radical (unpaired) electrons. The van der Waals surface area contributed by atoms with Crippen molar-refractivity contribution >= 4 is 39.5 Å². The van der Waals surface area contributed by atoms with Gasteiger partial charge < -0.3 is 33.8 Å². The molecular weight excluding hydrogens is 1210 g/mol. The molecule has 0 rings (SSSR count). The van der Waals surface area contributed by atoms with Gasteiger partial charge in [-0.1, -0.05) is 318 Å².